The van der Waals surface area contributed by atoms with Gasteiger partial charge in [0.15, 0.2) is 9.84 Å². The molecular formula is C14H20FNO2S. The van der Waals surface area contributed by atoms with Crippen molar-refractivity contribution >= 4 is 15.5 Å². The fourth-order valence-electron chi connectivity index (χ4n) is 2.82. The molecule has 1 aromatic rings. The number of hydrogen-bond acceptors (Lipinski definition) is 3. The molecule has 0 aromatic heterocycles. The van der Waals surface area contributed by atoms with Crippen LogP contribution in [0.5, 0.6) is 0 Å². The Morgan fingerprint density at radius 3 is 2.74 bits per heavy atom. The highest BCUT2D eigenvalue weighted by Gasteiger charge is 2.33. The molecule has 1 aliphatic rings. The summed E-state index contributed by atoms with van der Waals surface area (Å²) in [6.07, 6.45) is 4.23. The third-order valence-electron chi connectivity index (χ3n) is 4.01. The van der Waals surface area contributed by atoms with Crippen LogP contribution in [0.2, 0.25) is 0 Å². The molecule has 2 atom stereocenters. The molecule has 1 fully saturated rings. The van der Waals surface area contributed by atoms with Crippen molar-refractivity contribution in [2.45, 2.75) is 49.2 Å². The van der Waals surface area contributed by atoms with Gasteiger partial charge in [0.2, 0.25) is 0 Å². The molecule has 1 aromatic carbocycles. The Balaban J connectivity index is 2.31. The molecule has 0 saturated heterocycles. The molecule has 106 valence electrons. The Morgan fingerprint density at radius 2 is 2.11 bits per heavy atom. The second kappa shape index (κ2) is 5.49. The predicted molar refractivity (Wildman–Crippen MR) is 74.0 cm³/mol. The average molecular weight is 285 g/mol. The standard InChI is InChI=1S/C14H20FNO2S/c1-2-10-4-3-5-12(8-10)19(17,18)14-7-6-11(16)9-13(14)15/h6-7,9-10,12H,2-5,8,16H2,1H3. The summed E-state index contributed by atoms with van der Waals surface area (Å²) in [6, 6.07) is 3.80. The van der Waals surface area contributed by atoms with Crippen molar-refractivity contribution in [1.29, 1.82) is 0 Å². The monoisotopic (exact) mass is 285 g/mol. The van der Waals surface area contributed by atoms with Crippen molar-refractivity contribution in [3.63, 3.8) is 0 Å². The number of sulfone groups is 1. The molecular weight excluding hydrogens is 265 g/mol. The number of hydrogen-bond donors (Lipinski definition) is 1. The molecule has 1 saturated carbocycles. The lowest BCUT2D eigenvalue weighted by molar-refractivity contribution is 0.348. The summed E-state index contributed by atoms with van der Waals surface area (Å²) in [5.74, 6) is -0.302. The molecule has 1 aliphatic carbocycles. The van der Waals surface area contributed by atoms with Crippen molar-refractivity contribution in [3.05, 3.63) is 24.0 Å². The van der Waals surface area contributed by atoms with Crippen LogP contribution in [0.1, 0.15) is 39.0 Å². The van der Waals surface area contributed by atoms with Crippen LogP contribution in [-0.2, 0) is 9.84 Å². The van der Waals surface area contributed by atoms with Crippen LogP contribution in [0.25, 0.3) is 0 Å². The lowest BCUT2D eigenvalue weighted by Crippen LogP contribution is -2.28. The largest absolute Gasteiger partial charge is 0.399 e. The van der Waals surface area contributed by atoms with Gasteiger partial charge in [0.05, 0.1) is 5.25 Å². The van der Waals surface area contributed by atoms with E-state index in [1.807, 2.05) is 0 Å². The predicted octanol–water partition coefficient (Wildman–Crippen LogP) is 3.15. The first-order valence-electron chi connectivity index (χ1n) is 6.74. The molecule has 0 bridgehead atoms. The molecule has 0 spiro atoms. The number of anilines is 1. The minimum atomic E-state index is -3.58. The molecule has 0 heterocycles. The molecule has 0 aliphatic heterocycles. The number of nitrogens with two attached hydrogens (primary N) is 1. The van der Waals surface area contributed by atoms with Crippen molar-refractivity contribution in [3.8, 4) is 0 Å². The fraction of sp³-hybridized carbons (Fsp3) is 0.571. The third-order valence-corrected chi connectivity index (χ3v) is 6.26. The van der Waals surface area contributed by atoms with Gasteiger partial charge in [0.1, 0.15) is 10.7 Å². The van der Waals surface area contributed by atoms with Crippen LogP contribution in [-0.4, -0.2) is 13.7 Å². The van der Waals surface area contributed by atoms with Gasteiger partial charge in [0, 0.05) is 5.69 Å². The highest BCUT2D eigenvalue weighted by atomic mass is 32.2. The normalized spacial score (nSPS) is 24.3. The van der Waals surface area contributed by atoms with Gasteiger partial charge in [-0.15, -0.1) is 0 Å². The Kier molecular flexibility index (Phi) is 4.13. The highest BCUT2D eigenvalue weighted by Crippen LogP contribution is 2.34. The second-order valence-electron chi connectivity index (χ2n) is 5.30. The van der Waals surface area contributed by atoms with E-state index in [0.29, 0.717) is 18.8 Å². The molecule has 2 unspecified atom stereocenters. The van der Waals surface area contributed by atoms with Crippen LogP contribution >= 0.6 is 0 Å². The van der Waals surface area contributed by atoms with Crippen LogP contribution in [0.3, 0.4) is 0 Å². The van der Waals surface area contributed by atoms with E-state index in [1.165, 1.54) is 12.1 Å². The maximum absolute atomic E-state index is 13.8. The van der Waals surface area contributed by atoms with Crippen molar-refractivity contribution in [2.24, 2.45) is 5.92 Å². The minimum absolute atomic E-state index is 0.205. The maximum Gasteiger partial charge on any atom is 0.184 e. The number of halogens is 1. The topological polar surface area (TPSA) is 60.2 Å². The van der Waals surface area contributed by atoms with Crippen LogP contribution < -0.4 is 5.73 Å². The van der Waals surface area contributed by atoms with E-state index in [0.717, 1.165) is 25.3 Å². The molecule has 2 N–H and O–H groups in total. The molecule has 19 heavy (non-hydrogen) atoms. The van der Waals surface area contributed by atoms with Gasteiger partial charge in [-0.2, -0.15) is 0 Å². The SMILES string of the molecule is CCC1CCCC(S(=O)(=O)c2ccc(N)cc2F)C1. The lowest BCUT2D eigenvalue weighted by Gasteiger charge is -2.28. The van der Waals surface area contributed by atoms with Crippen molar-refractivity contribution < 1.29 is 12.8 Å². The zero-order valence-corrected chi connectivity index (χ0v) is 11.9. The van der Waals surface area contributed by atoms with E-state index in [1.54, 1.807) is 0 Å². The summed E-state index contributed by atoms with van der Waals surface area (Å²) in [6.45, 7) is 2.07. The Bertz CT molecular complexity index is 557. The smallest absolute Gasteiger partial charge is 0.184 e. The van der Waals surface area contributed by atoms with Gasteiger partial charge in [-0.1, -0.05) is 26.2 Å². The number of benzene rings is 1. The average Bonchev–Trinajstić information content (AvgIpc) is 2.38. The summed E-state index contributed by atoms with van der Waals surface area (Å²) >= 11 is 0. The van der Waals surface area contributed by atoms with Gasteiger partial charge in [-0.25, -0.2) is 12.8 Å². The van der Waals surface area contributed by atoms with E-state index in [-0.39, 0.29) is 10.6 Å². The lowest BCUT2D eigenvalue weighted by atomic mass is 9.87. The Morgan fingerprint density at radius 1 is 1.37 bits per heavy atom. The first-order valence-corrected chi connectivity index (χ1v) is 8.28. The maximum atomic E-state index is 13.8. The fourth-order valence-corrected chi connectivity index (χ4v) is 4.77. The Hall–Kier alpha value is -1.10. The van der Waals surface area contributed by atoms with E-state index >= 15 is 0 Å². The van der Waals surface area contributed by atoms with Gasteiger partial charge in [-0.05, 0) is 37.0 Å². The molecule has 2 rings (SSSR count). The quantitative estimate of drug-likeness (QED) is 0.868. The second-order valence-corrected chi connectivity index (χ2v) is 7.49. The van der Waals surface area contributed by atoms with E-state index in [9.17, 15) is 12.8 Å². The van der Waals surface area contributed by atoms with E-state index in [4.69, 9.17) is 5.73 Å². The van der Waals surface area contributed by atoms with Crippen LogP contribution in [0.4, 0.5) is 10.1 Å². The summed E-state index contributed by atoms with van der Waals surface area (Å²) < 4.78 is 38.8. The summed E-state index contributed by atoms with van der Waals surface area (Å²) in [7, 11) is -3.58. The highest BCUT2D eigenvalue weighted by molar-refractivity contribution is 7.92. The first kappa shape index (κ1) is 14.3. The van der Waals surface area contributed by atoms with Gasteiger partial charge >= 0.3 is 0 Å². The minimum Gasteiger partial charge on any atom is -0.399 e. The molecule has 0 radical (unpaired) electrons. The van der Waals surface area contributed by atoms with Crippen LogP contribution in [0, 0.1) is 11.7 Å². The first-order chi connectivity index (χ1) is 8.95. The zero-order chi connectivity index (χ0) is 14.0. The van der Waals surface area contributed by atoms with E-state index < -0.39 is 20.9 Å². The molecule has 0 amide bonds. The van der Waals surface area contributed by atoms with Gasteiger partial charge in [0.25, 0.3) is 0 Å². The number of rotatable bonds is 3. The molecule has 5 heteroatoms. The third kappa shape index (κ3) is 2.91. The summed E-state index contributed by atoms with van der Waals surface area (Å²) in [4.78, 5) is -0.205. The van der Waals surface area contributed by atoms with E-state index in [2.05, 4.69) is 6.92 Å². The molecule has 3 nitrogen and oxygen atoms in total. The van der Waals surface area contributed by atoms with Crippen LogP contribution in [0.15, 0.2) is 23.1 Å². The van der Waals surface area contributed by atoms with Crippen molar-refractivity contribution in [2.75, 3.05) is 5.73 Å². The zero-order valence-electron chi connectivity index (χ0n) is 11.1. The summed E-state index contributed by atoms with van der Waals surface area (Å²) in [5.41, 5.74) is 5.70. The Labute approximate surface area is 113 Å². The summed E-state index contributed by atoms with van der Waals surface area (Å²) in [5, 5.41) is -0.454. The van der Waals surface area contributed by atoms with Gasteiger partial charge < -0.3 is 5.73 Å². The van der Waals surface area contributed by atoms with Gasteiger partial charge in [-0.3, -0.25) is 0 Å². The number of nitrogen functional groups attached to an aromatic ring is 1. The van der Waals surface area contributed by atoms with Crippen molar-refractivity contribution in [1.82, 2.24) is 0 Å².